The molecule has 19 nitrogen and oxygen atoms in total. The molecule has 0 radical (unpaired) electrons. The highest BCUT2D eigenvalue weighted by Gasteiger charge is 2.39. The zero-order valence-corrected chi connectivity index (χ0v) is 41.2. The van der Waals surface area contributed by atoms with E-state index in [0.717, 1.165) is 15.9 Å². The highest BCUT2D eigenvalue weighted by atomic mass is 32.2. The Balaban J connectivity index is 0.974. The third-order valence-electron chi connectivity index (χ3n) is 12.9. The number of carbonyl (C=O) groups excluding carboxylic acids is 4. The van der Waals surface area contributed by atoms with Crippen LogP contribution in [-0.2, 0) is 46.3 Å². The van der Waals surface area contributed by atoms with Crippen LogP contribution in [0.2, 0.25) is 0 Å². The molecule has 4 amide bonds. The fourth-order valence-electron chi connectivity index (χ4n) is 9.35. The van der Waals surface area contributed by atoms with Crippen LogP contribution in [0.25, 0.3) is 32.6 Å². The number of aryl methyl sites for hydroxylation is 3. The fraction of sp³-hybridized carbons (Fsp3) is 0.306. The molecular weight excluding hydrogens is 977 g/mol. The van der Waals surface area contributed by atoms with Gasteiger partial charge in [0.15, 0.2) is 6.54 Å². The van der Waals surface area contributed by atoms with Gasteiger partial charge in [0.25, 0.3) is 37.9 Å². The summed E-state index contributed by atoms with van der Waals surface area (Å²) in [6.07, 6.45) is 0.913. The molecule has 1 saturated heterocycles. The zero-order valence-electron chi connectivity index (χ0n) is 38.8. The first kappa shape index (κ1) is 50.5. The average molecular weight is 1030 g/mol. The topological polar surface area (TPSA) is 271 Å². The summed E-state index contributed by atoms with van der Waals surface area (Å²) in [6.45, 7) is 2.43. The smallest absolute Gasteiger partial charge is 0.303 e. The van der Waals surface area contributed by atoms with Gasteiger partial charge >= 0.3 is 5.97 Å². The molecule has 4 N–H and O–H groups in total. The van der Waals surface area contributed by atoms with E-state index in [-0.39, 0.29) is 102 Å². The number of anilines is 1. The Labute approximate surface area is 409 Å². The molecule has 372 valence electrons. The third kappa shape index (κ3) is 9.94. The molecule has 0 aliphatic carbocycles. The molecule has 8 rings (SSSR count). The van der Waals surface area contributed by atoms with Gasteiger partial charge in [-0.25, -0.2) is 21.1 Å². The summed E-state index contributed by atoms with van der Waals surface area (Å²) in [5.41, 5.74) is 8.09. The number of carbonyl (C=O) groups is 5. The molecule has 0 spiro atoms. The molecular formula is C49H51N6O13S3+. The SMILES string of the molecule is Cc1ccc(S(=O)(=O)N(CCCCCC(=O)O)C(=O)c2c3ccccc3[n+](CCCS(=O)(=O)N3CCN(C(=O)CN4C(=O)c5cc(C)cc6c(N)c(S(=O)(=O)O)cc(c56)C4=O)CC3)c3ccccc23)cc1. The fourth-order valence-corrected chi connectivity index (χ4v) is 12.9. The molecule has 71 heavy (non-hydrogen) atoms. The van der Waals surface area contributed by atoms with Crippen molar-refractivity contribution in [2.24, 2.45) is 0 Å². The number of rotatable bonds is 17. The van der Waals surface area contributed by atoms with Crippen LogP contribution in [0.3, 0.4) is 0 Å². The number of aliphatic carboxylic acids is 1. The van der Waals surface area contributed by atoms with Crippen molar-refractivity contribution in [3.63, 3.8) is 0 Å². The molecule has 3 heterocycles. The maximum atomic E-state index is 14.9. The number of imide groups is 1. The van der Waals surface area contributed by atoms with Crippen LogP contribution in [0.5, 0.6) is 0 Å². The summed E-state index contributed by atoms with van der Waals surface area (Å²) >= 11 is 0. The Morgan fingerprint density at radius 2 is 1.31 bits per heavy atom. The lowest BCUT2D eigenvalue weighted by Crippen LogP contribution is -2.54. The van der Waals surface area contributed by atoms with Crippen molar-refractivity contribution in [1.29, 1.82) is 0 Å². The van der Waals surface area contributed by atoms with Crippen LogP contribution in [-0.4, -0.2) is 128 Å². The second-order valence-electron chi connectivity index (χ2n) is 17.7. The minimum absolute atomic E-state index is 0.0183. The van der Waals surface area contributed by atoms with E-state index in [0.29, 0.717) is 45.1 Å². The van der Waals surface area contributed by atoms with Gasteiger partial charge in [-0.15, -0.1) is 0 Å². The van der Waals surface area contributed by atoms with Gasteiger partial charge in [-0.3, -0.25) is 33.4 Å². The molecule has 0 unspecified atom stereocenters. The number of hydrogen-bond acceptors (Lipinski definition) is 12. The number of nitrogen functional groups attached to an aromatic ring is 1. The number of fused-ring (bicyclic) bond motifs is 2. The summed E-state index contributed by atoms with van der Waals surface area (Å²) in [4.78, 5) is 68.4. The van der Waals surface area contributed by atoms with Crippen LogP contribution in [0.4, 0.5) is 5.69 Å². The number of benzene rings is 5. The number of carboxylic acids is 1. The van der Waals surface area contributed by atoms with Gasteiger partial charge in [-0.05, 0) is 74.7 Å². The monoisotopic (exact) mass is 1030 g/mol. The van der Waals surface area contributed by atoms with Crippen molar-refractivity contribution < 1.29 is 63.5 Å². The summed E-state index contributed by atoms with van der Waals surface area (Å²) in [6, 6.07) is 23.9. The van der Waals surface area contributed by atoms with E-state index in [1.54, 1.807) is 67.6 Å². The quantitative estimate of drug-likeness (QED) is 0.0283. The maximum absolute atomic E-state index is 14.9. The van der Waals surface area contributed by atoms with Gasteiger partial charge in [0.1, 0.15) is 11.4 Å². The molecule has 1 fully saturated rings. The number of carboxylic acid groups (broad SMARTS) is 1. The number of pyridine rings is 1. The standard InChI is InChI=1S/C49H50N6O13S3/c1-31-16-18-33(19-17-31)70(64,65)55(21-9-3-4-15-43(57)58)49(61)45-34-11-5-7-13-39(34)53(40-14-8-6-12-35(40)45)20-10-26-69(62,63)52-24-22-51(23-25-52)42(56)30-54-47(59)37-28-32(2)27-36-44(37)38(48(54)60)29-41(46(36)50)71(66,67)68/h5-8,11-14,16-19,27-29H,3-4,9-10,15,20-26,30H2,1-2H3,(H3-,50,57,58,59,60,66,67,68)/p+1. The van der Waals surface area contributed by atoms with Crippen molar-refractivity contribution in [1.82, 2.24) is 18.4 Å². The summed E-state index contributed by atoms with van der Waals surface area (Å²) in [5, 5.41) is 10.2. The molecule has 0 atom stereocenters. The van der Waals surface area contributed by atoms with E-state index in [1.165, 1.54) is 33.5 Å². The van der Waals surface area contributed by atoms with Crippen molar-refractivity contribution in [3.8, 4) is 0 Å². The van der Waals surface area contributed by atoms with E-state index in [1.807, 2.05) is 11.5 Å². The van der Waals surface area contributed by atoms with Gasteiger partial charge < -0.3 is 15.7 Å². The van der Waals surface area contributed by atoms with E-state index >= 15 is 0 Å². The van der Waals surface area contributed by atoms with Gasteiger partial charge in [-0.2, -0.15) is 17.3 Å². The van der Waals surface area contributed by atoms with E-state index in [4.69, 9.17) is 10.8 Å². The molecule has 2 aliphatic rings. The number of unbranched alkanes of at least 4 members (excludes halogenated alkanes) is 2. The number of piperazine rings is 1. The second-order valence-corrected chi connectivity index (χ2v) is 23.0. The Kier molecular flexibility index (Phi) is 14.1. The largest absolute Gasteiger partial charge is 0.481 e. The predicted molar refractivity (Wildman–Crippen MR) is 262 cm³/mol. The number of nitrogens with zero attached hydrogens (tertiary/aromatic N) is 5. The van der Waals surface area contributed by atoms with Crippen molar-refractivity contribution >= 4 is 98.0 Å². The van der Waals surface area contributed by atoms with Crippen LogP contribution in [0, 0.1) is 13.8 Å². The number of hydrogen-bond donors (Lipinski definition) is 3. The van der Waals surface area contributed by atoms with Crippen LogP contribution in [0.15, 0.2) is 101 Å². The zero-order chi connectivity index (χ0) is 51.2. The van der Waals surface area contributed by atoms with Gasteiger partial charge in [-0.1, -0.05) is 48.4 Å². The van der Waals surface area contributed by atoms with Gasteiger partial charge in [0.2, 0.25) is 27.0 Å². The maximum Gasteiger partial charge on any atom is 0.303 e. The minimum Gasteiger partial charge on any atom is -0.481 e. The van der Waals surface area contributed by atoms with Gasteiger partial charge in [0, 0.05) is 74.0 Å². The summed E-state index contributed by atoms with van der Waals surface area (Å²) in [5.74, 6) is -4.46. The lowest BCUT2D eigenvalue weighted by atomic mass is 9.91. The molecule has 0 bridgehead atoms. The molecule has 5 aromatic carbocycles. The lowest BCUT2D eigenvalue weighted by Gasteiger charge is -2.35. The Morgan fingerprint density at radius 3 is 1.90 bits per heavy atom. The van der Waals surface area contributed by atoms with E-state index < -0.39 is 71.2 Å². The van der Waals surface area contributed by atoms with Crippen molar-refractivity contribution in [2.45, 2.75) is 62.3 Å². The molecule has 1 aromatic heterocycles. The van der Waals surface area contributed by atoms with E-state index in [9.17, 15) is 53.8 Å². The Hall–Kier alpha value is -6.85. The van der Waals surface area contributed by atoms with Crippen LogP contribution >= 0.6 is 0 Å². The predicted octanol–water partition coefficient (Wildman–Crippen LogP) is 4.52. The Bertz CT molecular complexity index is 3490. The second kappa shape index (κ2) is 19.7. The molecule has 0 saturated carbocycles. The minimum atomic E-state index is -4.89. The average Bonchev–Trinajstić information content (AvgIpc) is 3.32. The summed E-state index contributed by atoms with van der Waals surface area (Å²) in [7, 11) is -13.2. The molecule has 6 aromatic rings. The molecule has 2 aliphatic heterocycles. The molecule has 22 heteroatoms. The Morgan fingerprint density at radius 1 is 0.718 bits per heavy atom. The van der Waals surface area contributed by atoms with E-state index in [2.05, 4.69) is 0 Å². The highest BCUT2D eigenvalue weighted by molar-refractivity contribution is 7.89. The lowest BCUT2D eigenvalue weighted by molar-refractivity contribution is -0.645. The van der Waals surface area contributed by atoms with Crippen LogP contribution in [0.1, 0.15) is 74.3 Å². The number of sulfonamides is 2. The summed E-state index contributed by atoms with van der Waals surface area (Å²) < 4.78 is 94.6. The number of aromatic nitrogens is 1. The van der Waals surface area contributed by atoms with Gasteiger partial charge in [0.05, 0.1) is 38.2 Å². The normalized spacial score (nSPS) is 14.7. The first-order chi connectivity index (χ1) is 33.6. The van der Waals surface area contributed by atoms with Crippen LogP contribution < -0.4 is 10.3 Å². The number of para-hydroxylation sites is 2. The number of nitrogens with two attached hydrogens (primary N) is 1. The highest BCUT2D eigenvalue weighted by Crippen LogP contribution is 2.38. The first-order valence-corrected chi connectivity index (χ1v) is 27.2. The van der Waals surface area contributed by atoms with Crippen molar-refractivity contribution in [3.05, 3.63) is 119 Å². The van der Waals surface area contributed by atoms with Crippen molar-refractivity contribution in [2.75, 3.05) is 50.8 Å². The number of amides is 4. The first-order valence-electron chi connectivity index (χ1n) is 22.7. The third-order valence-corrected chi connectivity index (χ3v) is 17.6.